The zero-order valence-corrected chi connectivity index (χ0v) is 16.5. The molecular weight excluding hydrogens is 338 g/mol. The second-order valence-corrected chi connectivity index (χ2v) is 7.11. The van der Waals surface area contributed by atoms with Gasteiger partial charge < -0.3 is 19.5 Å². The molecule has 1 saturated carbocycles. The second kappa shape index (κ2) is 10.1. The van der Waals surface area contributed by atoms with Crippen molar-refractivity contribution >= 4 is 5.96 Å². The maximum atomic E-state index is 5.73. The lowest BCUT2D eigenvalue weighted by Crippen LogP contribution is -2.40. The summed E-state index contributed by atoms with van der Waals surface area (Å²) in [6, 6.07) is 10.5. The molecule has 1 aliphatic rings. The number of imidazole rings is 1. The molecular formula is C21H31N5O. The minimum absolute atomic E-state index is 0.654. The summed E-state index contributed by atoms with van der Waals surface area (Å²) < 4.78 is 7.93. The van der Waals surface area contributed by atoms with Gasteiger partial charge in [0.05, 0.1) is 13.2 Å². The van der Waals surface area contributed by atoms with Gasteiger partial charge in [0.1, 0.15) is 5.82 Å². The van der Waals surface area contributed by atoms with Crippen LogP contribution in [0.1, 0.15) is 24.2 Å². The third-order valence-electron chi connectivity index (χ3n) is 4.89. The summed E-state index contributed by atoms with van der Waals surface area (Å²) in [6.07, 6.45) is 7.56. The van der Waals surface area contributed by atoms with Gasteiger partial charge in [0.15, 0.2) is 5.96 Å². The normalized spacial score (nSPS) is 14.4. The molecule has 0 atom stereocenters. The average Bonchev–Trinajstić information content (AvgIpc) is 3.42. The van der Waals surface area contributed by atoms with E-state index < -0.39 is 0 Å². The van der Waals surface area contributed by atoms with Crippen LogP contribution in [0.15, 0.2) is 47.7 Å². The summed E-state index contributed by atoms with van der Waals surface area (Å²) in [5.41, 5.74) is 1.34. The summed E-state index contributed by atoms with van der Waals surface area (Å²) >= 11 is 0. The number of guanidine groups is 1. The van der Waals surface area contributed by atoms with Gasteiger partial charge in [-0.25, -0.2) is 4.98 Å². The first-order valence-corrected chi connectivity index (χ1v) is 9.79. The number of likely N-dealkylation sites (N-methyl/N-ethyl adjacent to an activating group) is 1. The largest absolute Gasteiger partial charge is 0.379 e. The van der Waals surface area contributed by atoms with Gasteiger partial charge in [-0.1, -0.05) is 30.3 Å². The van der Waals surface area contributed by atoms with Gasteiger partial charge in [-0.05, 0) is 30.7 Å². The molecule has 1 aromatic heterocycles. The van der Waals surface area contributed by atoms with Gasteiger partial charge in [-0.15, -0.1) is 0 Å². The smallest absolute Gasteiger partial charge is 0.193 e. The number of aryl methyl sites for hydroxylation is 2. The Kier molecular flexibility index (Phi) is 7.27. The van der Waals surface area contributed by atoms with Crippen molar-refractivity contribution in [3.63, 3.8) is 0 Å². The van der Waals surface area contributed by atoms with Crippen LogP contribution >= 0.6 is 0 Å². The van der Waals surface area contributed by atoms with Crippen molar-refractivity contribution in [2.24, 2.45) is 10.9 Å². The van der Waals surface area contributed by atoms with E-state index in [4.69, 9.17) is 4.74 Å². The van der Waals surface area contributed by atoms with Crippen LogP contribution in [-0.2, 0) is 24.2 Å². The third-order valence-corrected chi connectivity index (χ3v) is 4.89. The highest BCUT2D eigenvalue weighted by atomic mass is 16.5. The van der Waals surface area contributed by atoms with Gasteiger partial charge in [-0.3, -0.25) is 4.99 Å². The molecule has 146 valence electrons. The Morgan fingerprint density at radius 1 is 1.33 bits per heavy atom. The molecule has 6 heteroatoms. The molecule has 1 aromatic carbocycles. The molecule has 6 nitrogen and oxygen atoms in total. The molecule has 2 aromatic rings. The van der Waals surface area contributed by atoms with Gasteiger partial charge >= 0.3 is 0 Å². The van der Waals surface area contributed by atoms with Gasteiger partial charge in [-0.2, -0.15) is 0 Å². The molecule has 1 aliphatic carbocycles. The maximum absolute atomic E-state index is 5.73. The first kappa shape index (κ1) is 19.4. The number of ether oxygens (including phenoxy) is 1. The molecule has 1 fully saturated rings. The summed E-state index contributed by atoms with van der Waals surface area (Å²) in [6.45, 7) is 4.04. The van der Waals surface area contributed by atoms with Crippen molar-refractivity contribution < 1.29 is 4.74 Å². The Balaban J connectivity index is 1.43. The van der Waals surface area contributed by atoms with E-state index in [9.17, 15) is 0 Å². The first-order valence-electron chi connectivity index (χ1n) is 9.79. The van der Waals surface area contributed by atoms with Crippen molar-refractivity contribution in [3.05, 3.63) is 54.1 Å². The number of aliphatic imine (C=N–C) groups is 1. The number of hydrogen-bond donors (Lipinski definition) is 1. The van der Waals surface area contributed by atoms with E-state index in [-0.39, 0.29) is 0 Å². The molecule has 0 radical (unpaired) electrons. The molecule has 0 spiro atoms. The van der Waals surface area contributed by atoms with E-state index in [1.165, 1.54) is 18.4 Å². The Morgan fingerprint density at radius 3 is 2.89 bits per heavy atom. The van der Waals surface area contributed by atoms with Gasteiger partial charge in [0, 0.05) is 46.2 Å². The Labute approximate surface area is 162 Å². The quantitative estimate of drug-likeness (QED) is 0.397. The lowest BCUT2D eigenvalue weighted by atomic mass is 10.1. The zero-order chi connectivity index (χ0) is 18.9. The van der Waals surface area contributed by atoms with E-state index >= 15 is 0 Å². The van der Waals surface area contributed by atoms with E-state index in [1.54, 1.807) is 0 Å². The highest BCUT2D eigenvalue weighted by molar-refractivity contribution is 5.79. The molecule has 1 heterocycles. The first-order chi connectivity index (χ1) is 13.3. The zero-order valence-electron chi connectivity index (χ0n) is 16.5. The number of hydrogen-bond acceptors (Lipinski definition) is 3. The molecule has 0 saturated heterocycles. The van der Waals surface area contributed by atoms with Crippen LogP contribution in [0.25, 0.3) is 0 Å². The fourth-order valence-corrected chi connectivity index (χ4v) is 2.99. The fraction of sp³-hybridized carbons (Fsp3) is 0.524. The van der Waals surface area contributed by atoms with Crippen LogP contribution in [0.5, 0.6) is 0 Å². The average molecular weight is 370 g/mol. The highest BCUT2D eigenvalue weighted by Gasteiger charge is 2.21. The number of benzene rings is 1. The van der Waals surface area contributed by atoms with Crippen LogP contribution < -0.4 is 5.32 Å². The molecule has 0 aliphatic heterocycles. The van der Waals surface area contributed by atoms with Crippen molar-refractivity contribution in [1.29, 1.82) is 0 Å². The van der Waals surface area contributed by atoms with Gasteiger partial charge in [0.25, 0.3) is 0 Å². The molecule has 0 bridgehead atoms. The fourth-order valence-electron chi connectivity index (χ4n) is 2.99. The monoisotopic (exact) mass is 369 g/mol. The van der Waals surface area contributed by atoms with Crippen molar-refractivity contribution in [1.82, 2.24) is 19.8 Å². The van der Waals surface area contributed by atoms with E-state index in [2.05, 4.69) is 55.1 Å². The molecule has 0 unspecified atom stereocenters. The van der Waals surface area contributed by atoms with E-state index in [0.29, 0.717) is 6.54 Å². The van der Waals surface area contributed by atoms with E-state index in [1.807, 2.05) is 26.5 Å². The highest BCUT2D eigenvalue weighted by Crippen LogP contribution is 2.28. The van der Waals surface area contributed by atoms with Crippen LogP contribution in [0.4, 0.5) is 0 Å². The maximum Gasteiger partial charge on any atom is 0.193 e. The summed E-state index contributed by atoms with van der Waals surface area (Å²) in [5.74, 6) is 2.69. The Bertz CT molecular complexity index is 708. The van der Waals surface area contributed by atoms with Crippen LogP contribution in [0, 0.1) is 5.92 Å². The second-order valence-electron chi connectivity index (χ2n) is 7.11. The molecule has 27 heavy (non-hydrogen) atoms. The van der Waals surface area contributed by atoms with Crippen LogP contribution in [0.2, 0.25) is 0 Å². The standard InChI is InChI=1S/C21H31N5O/c1-22-21(25(2)14-15-27-17-19-8-9-19)24-16-20-23-11-13-26(20)12-10-18-6-4-3-5-7-18/h3-7,11,13,19H,8-10,12,14-17H2,1-2H3,(H,22,24). The lowest BCUT2D eigenvalue weighted by Gasteiger charge is -2.22. The van der Waals surface area contributed by atoms with Crippen molar-refractivity contribution in [2.75, 3.05) is 33.9 Å². The minimum atomic E-state index is 0.654. The van der Waals surface area contributed by atoms with Crippen molar-refractivity contribution in [3.8, 4) is 0 Å². The predicted molar refractivity (Wildman–Crippen MR) is 109 cm³/mol. The SMILES string of the molecule is CN=C(NCc1nccn1CCc1ccccc1)N(C)CCOCC1CC1. The van der Waals surface area contributed by atoms with Crippen molar-refractivity contribution in [2.45, 2.75) is 32.4 Å². The van der Waals surface area contributed by atoms with Crippen LogP contribution in [-0.4, -0.2) is 54.3 Å². The molecule has 1 N–H and O–H groups in total. The number of rotatable bonds is 10. The van der Waals surface area contributed by atoms with Crippen LogP contribution in [0.3, 0.4) is 0 Å². The number of nitrogens with one attached hydrogen (secondary N) is 1. The molecule has 3 rings (SSSR count). The lowest BCUT2D eigenvalue weighted by molar-refractivity contribution is 0.115. The molecule has 0 amide bonds. The Hall–Kier alpha value is -2.34. The van der Waals surface area contributed by atoms with E-state index in [0.717, 1.165) is 50.4 Å². The summed E-state index contributed by atoms with van der Waals surface area (Å²) in [7, 11) is 3.85. The minimum Gasteiger partial charge on any atom is -0.379 e. The predicted octanol–water partition coefficient (Wildman–Crippen LogP) is 2.56. The topological polar surface area (TPSA) is 54.7 Å². The van der Waals surface area contributed by atoms with Gasteiger partial charge in [0.2, 0.25) is 0 Å². The number of nitrogens with zero attached hydrogens (tertiary/aromatic N) is 4. The Morgan fingerprint density at radius 2 is 2.15 bits per heavy atom. The summed E-state index contributed by atoms with van der Waals surface area (Å²) in [5, 5.41) is 3.41. The summed E-state index contributed by atoms with van der Waals surface area (Å²) in [4.78, 5) is 11.0. The number of aromatic nitrogens is 2. The third kappa shape index (κ3) is 6.40.